The van der Waals surface area contributed by atoms with Crippen LogP contribution in [-0.2, 0) is 10.1 Å². The average molecular weight is 218 g/mol. The van der Waals surface area contributed by atoms with Crippen LogP contribution in [0.25, 0.3) is 0 Å². The molecule has 0 unspecified atom stereocenters. The third-order valence-corrected chi connectivity index (χ3v) is 2.13. The second kappa shape index (κ2) is 6.53. The third-order valence-electron chi connectivity index (χ3n) is 1.26. The molecule has 0 amide bonds. The number of aliphatic hydroxyl groups excluding tert-OH is 1. The lowest BCUT2D eigenvalue weighted by Gasteiger charge is -1.92. The van der Waals surface area contributed by atoms with Crippen molar-refractivity contribution >= 4 is 10.1 Å². The predicted molar refractivity (Wildman–Crippen MR) is 53.6 cm³/mol. The highest BCUT2D eigenvalue weighted by Gasteiger charge is 2.05. The van der Waals surface area contributed by atoms with Gasteiger partial charge in [0.1, 0.15) is 0 Å². The number of aliphatic hydroxyl groups is 1. The first-order chi connectivity index (χ1) is 6.52. The fourth-order valence-corrected chi connectivity index (χ4v) is 1.09. The second-order valence-corrected chi connectivity index (χ2v) is 3.93. The molecule has 2 N–H and O–H groups in total. The minimum absolute atomic E-state index is 0.0741. The fraction of sp³-hybridized carbons (Fsp3) is 0.333. The Bertz CT molecular complexity index is 329. The molecule has 4 nitrogen and oxygen atoms in total. The van der Waals surface area contributed by atoms with Crippen LogP contribution in [0.4, 0.5) is 0 Å². The van der Waals surface area contributed by atoms with E-state index in [1.807, 2.05) is 6.92 Å². The van der Waals surface area contributed by atoms with Gasteiger partial charge in [-0.3, -0.25) is 4.55 Å². The highest BCUT2D eigenvalue weighted by Crippen LogP contribution is 2.05. The minimum Gasteiger partial charge on any atom is -0.396 e. The summed E-state index contributed by atoms with van der Waals surface area (Å²) in [4.78, 5) is -0.0741. The van der Waals surface area contributed by atoms with Crippen LogP contribution in [0.15, 0.2) is 35.2 Å². The molecule has 14 heavy (non-hydrogen) atoms. The van der Waals surface area contributed by atoms with Crippen molar-refractivity contribution in [2.45, 2.75) is 18.2 Å². The number of rotatable bonds is 2. The average Bonchev–Trinajstić information content (AvgIpc) is 2.18. The lowest BCUT2D eigenvalue weighted by Crippen LogP contribution is -1.96. The normalized spacial score (nSPS) is 10.2. The van der Waals surface area contributed by atoms with Crippen molar-refractivity contribution in [3.8, 4) is 0 Å². The Hall–Kier alpha value is -0.910. The van der Waals surface area contributed by atoms with Crippen molar-refractivity contribution in [3.63, 3.8) is 0 Å². The number of hydrogen-bond donors (Lipinski definition) is 2. The van der Waals surface area contributed by atoms with E-state index in [2.05, 4.69) is 0 Å². The molecule has 1 aromatic carbocycles. The van der Waals surface area contributed by atoms with E-state index < -0.39 is 10.1 Å². The molecule has 0 atom stereocenters. The van der Waals surface area contributed by atoms with Gasteiger partial charge in [-0.1, -0.05) is 25.1 Å². The van der Waals surface area contributed by atoms with Crippen LogP contribution < -0.4 is 0 Å². The van der Waals surface area contributed by atoms with Crippen molar-refractivity contribution < 1.29 is 18.1 Å². The summed E-state index contributed by atoms with van der Waals surface area (Å²) in [5.74, 6) is 0. The van der Waals surface area contributed by atoms with Crippen molar-refractivity contribution in [3.05, 3.63) is 30.3 Å². The van der Waals surface area contributed by atoms with E-state index >= 15 is 0 Å². The molecule has 0 fully saturated rings. The minimum atomic E-state index is -4.00. The monoisotopic (exact) mass is 218 g/mol. The predicted octanol–water partition coefficient (Wildman–Crippen LogP) is 1.32. The number of hydrogen-bond acceptors (Lipinski definition) is 3. The van der Waals surface area contributed by atoms with Crippen LogP contribution in [0.2, 0.25) is 0 Å². The molecule has 0 radical (unpaired) electrons. The Balaban J connectivity index is 0.000000364. The first kappa shape index (κ1) is 13.1. The zero-order valence-electron chi connectivity index (χ0n) is 7.92. The van der Waals surface area contributed by atoms with Gasteiger partial charge < -0.3 is 5.11 Å². The van der Waals surface area contributed by atoms with Gasteiger partial charge >= 0.3 is 0 Å². The summed E-state index contributed by atoms with van der Waals surface area (Å²) in [7, 11) is -4.00. The van der Waals surface area contributed by atoms with Gasteiger partial charge in [0.15, 0.2) is 0 Å². The van der Waals surface area contributed by atoms with Crippen LogP contribution >= 0.6 is 0 Å². The molecule has 0 spiro atoms. The van der Waals surface area contributed by atoms with E-state index in [0.29, 0.717) is 6.61 Å². The first-order valence-corrected chi connectivity index (χ1v) is 5.59. The number of benzene rings is 1. The highest BCUT2D eigenvalue weighted by atomic mass is 32.2. The van der Waals surface area contributed by atoms with E-state index in [4.69, 9.17) is 9.66 Å². The summed E-state index contributed by atoms with van der Waals surface area (Å²) in [6, 6.07) is 7.42. The van der Waals surface area contributed by atoms with E-state index in [-0.39, 0.29) is 4.90 Å². The summed E-state index contributed by atoms with van der Waals surface area (Å²) in [6.45, 7) is 2.25. The van der Waals surface area contributed by atoms with Gasteiger partial charge in [-0.2, -0.15) is 8.42 Å². The highest BCUT2D eigenvalue weighted by molar-refractivity contribution is 7.85. The molecule has 5 heteroatoms. The molecule has 1 rings (SSSR count). The van der Waals surface area contributed by atoms with Crippen LogP contribution in [0.3, 0.4) is 0 Å². The lowest BCUT2D eigenvalue weighted by molar-refractivity contribution is 0.295. The van der Waals surface area contributed by atoms with Crippen LogP contribution in [0, 0.1) is 0 Å². The van der Waals surface area contributed by atoms with Gasteiger partial charge in [-0.05, 0) is 18.6 Å². The van der Waals surface area contributed by atoms with Crippen molar-refractivity contribution in [2.75, 3.05) is 6.61 Å². The van der Waals surface area contributed by atoms with Crippen LogP contribution in [0.5, 0.6) is 0 Å². The third kappa shape index (κ3) is 5.69. The zero-order chi connectivity index (χ0) is 11.0. The molecule has 1 aromatic rings. The summed E-state index contributed by atoms with van der Waals surface area (Å²) in [5, 5.41) is 7.88. The zero-order valence-corrected chi connectivity index (χ0v) is 8.74. The molecule has 0 saturated heterocycles. The van der Waals surface area contributed by atoms with E-state index in [1.165, 1.54) is 12.1 Å². The Labute approximate surface area is 84.0 Å². The lowest BCUT2D eigenvalue weighted by atomic mass is 10.4. The molecular formula is C9H14O4S. The molecule has 0 aromatic heterocycles. The van der Waals surface area contributed by atoms with Crippen molar-refractivity contribution in [2.24, 2.45) is 0 Å². The van der Waals surface area contributed by atoms with E-state index in [0.717, 1.165) is 6.42 Å². The molecule has 0 aliphatic rings. The van der Waals surface area contributed by atoms with Crippen LogP contribution in [-0.4, -0.2) is 24.7 Å². The Morgan fingerprint density at radius 2 is 1.64 bits per heavy atom. The summed E-state index contributed by atoms with van der Waals surface area (Å²) < 4.78 is 29.2. The van der Waals surface area contributed by atoms with E-state index in [9.17, 15) is 8.42 Å². The van der Waals surface area contributed by atoms with Crippen molar-refractivity contribution in [1.82, 2.24) is 0 Å². The molecule has 0 saturated carbocycles. The Morgan fingerprint density at radius 3 is 1.86 bits per heavy atom. The molecular weight excluding hydrogens is 204 g/mol. The first-order valence-electron chi connectivity index (χ1n) is 4.15. The van der Waals surface area contributed by atoms with E-state index in [1.54, 1.807) is 18.2 Å². The summed E-state index contributed by atoms with van der Waals surface area (Å²) >= 11 is 0. The van der Waals surface area contributed by atoms with Crippen LogP contribution in [0.1, 0.15) is 13.3 Å². The quantitative estimate of drug-likeness (QED) is 0.734. The molecule has 0 aliphatic carbocycles. The topological polar surface area (TPSA) is 74.6 Å². The smallest absolute Gasteiger partial charge is 0.294 e. The second-order valence-electron chi connectivity index (χ2n) is 2.51. The maximum atomic E-state index is 10.4. The Kier molecular flexibility index (Phi) is 6.11. The summed E-state index contributed by atoms with van der Waals surface area (Å²) in [5.41, 5.74) is 0. The van der Waals surface area contributed by atoms with Gasteiger partial charge in [-0.25, -0.2) is 0 Å². The molecule has 80 valence electrons. The molecule has 0 bridgehead atoms. The van der Waals surface area contributed by atoms with Gasteiger partial charge in [0.05, 0.1) is 4.90 Å². The van der Waals surface area contributed by atoms with Gasteiger partial charge in [0.2, 0.25) is 0 Å². The maximum Gasteiger partial charge on any atom is 0.294 e. The maximum absolute atomic E-state index is 10.4. The largest absolute Gasteiger partial charge is 0.396 e. The summed E-state index contributed by atoms with van der Waals surface area (Å²) in [6.07, 6.45) is 0.875. The Morgan fingerprint density at radius 1 is 1.21 bits per heavy atom. The van der Waals surface area contributed by atoms with Crippen molar-refractivity contribution in [1.29, 1.82) is 0 Å². The standard InChI is InChI=1S/C6H6O3S.C3H8O/c7-10(8,9)6-4-2-1-3-5-6;1-2-3-4/h1-5H,(H,7,8,9);4H,2-3H2,1H3. The SMILES string of the molecule is CCCO.O=S(=O)(O)c1ccccc1. The molecule has 0 aliphatic heterocycles. The fourth-order valence-electron chi connectivity index (χ4n) is 0.592. The van der Waals surface area contributed by atoms with Gasteiger partial charge in [0.25, 0.3) is 10.1 Å². The molecule has 0 heterocycles. The van der Waals surface area contributed by atoms with Gasteiger partial charge in [0, 0.05) is 6.61 Å². The van der Waals surface area contributed by atoms with Gasteiger partial charge in [-0.15, -0.1) is 0 Å².